The predicted molar refractivity (Wildman–Crippen MR) is 179 cm³/mol. The van der Waals surface area contributed by atoms with Crippen LogP contribution in [-0.2, 0) is 9.53 Å². The molecule has 2 aromatic rings. The maximum Gasteiger partial charge on any atom is 0.275 e. The first kappa shape index (κ1) is 34.2. The zero-order valence-electron chi connectivity index (χ0n) is 27.8. The Bertz CT molecular complexity index is 1370. The topological polar surface area (TPSA) is 130 Å². The maximum absolute atomic E-state index is 14.7. The van der Waals surface area contributed by atoms with Crippen LogP contribution in [0.1, 0.15) is 101 Å². The molecule has 0 saturated heterocycles. The summed E-state index contributed by atoms with van der Waals surface area (Å²) in [5.41, 5.74) is 7.56. The van der Waals surface area contributed by atoms with Crippen molar-refractivity contribution in [3.8, 4) is 5.75 Å². The quantitative estimate of drug-likeness (QED) is 0.142. The molecule has 9 heteroatoms. The number of aliphatic imine (C=N–C) groups is 1. The summed E-state index contributed by atoms with van der Waals surface area (Å²) in [5, 5.41) is 10.1. The van der Waals surface area contributed by atoms with Crippen LogP contribution in [0.3, 0.4) is 0 Å². The first-order valence-corrected chi connectivity index (χ1v) is 16.2. The summed E-state index contributed by atoms with van der Waals surface area (Å²) < 4.78 is 11.0. The molecule has 1 fully saturated rings. The number of rotatable bonds is 13. The van der Waals surface area contributed by atoms with Crippen LogP contribution >= 0.6 is 0 Å². The van der Waals surface area contributed by atoms with E-state index in [-0.39, 0.29) is 35.7 Å². The lowest BCUT2D eigenvalue weighted by atomic mass is 9.75. The van der Waals surface area contributed by atoms with E-state index < -0.39 is 5.66 Å². The normalized spacial score (nSPS) is 20.8. The number of nitrogens with zero attached hydrogens (tertiary/aromatic N) is 2. The third kappa shape index (κ3) is 8.51. The van der Waals surface area contributed by atoms with E-state index in [1.54, 1.807) is 19.2 Å². The zero-order chi connectivity index (χ0) is 32.8. The fourth-order valence-corrected chi connectivity index (χ4v) is 6.48. The molecule has 0 aromatic heterocycles. The Kier molecular flexibility index (Phi) is 11.1. The molecule has 244 valence electrons. The van der Waals surface area contributed by atoms with E-state index in [0.717, 1.165) is 49.7 Å². The van der Waals surface area contributed by atoms with Gasteiger partial charge < -0.3 is 25.4 Å². The molecule has 0 bridgehead atoms. The summed E-state index contributed by atoms with van der Waals surface area (Å²) in [7, 11) is 1.64. The number of nitrogens with two attached hydrogens (primary N) is 1. The Morgan fingerprint density at radius 3 is 2.42 bits per heavy atom. The van der Waals surface area contributed by atoms with Crippen molar-refractivity contribution in [2.24, 2.45) is 28.0 Å². The fourth-order valence-electron chi connectivity index (χ4n) is 6.48. The van der Waals surface area contributed by atoms with Gasteiger partial charge in [0.15, 0.2) is 0 Å². The molecule has 9 nitrogen and oxygen atoms in total. The Morgan fingerprint density at radius 1 is 1.13 bits per heavy atom. The number of nitrogens with one attached hydrogen (secondary N) is 2. The van der Waals surface area contributed by atoms with E-state index in [1.165, 1.54) is 0 Å². The highest BCUT2D eigenvalue weighted by molar-refractivity contribution is 6.46. The smallest absolute Gasteiger partial charge is 0.275 e. The van der Waals surface area contributed by atoms with Gasteiger partial charge in [-0.25, -0.2) is 0 Å². The first-order valence-electron chi connectivity index (χ1n) is 16.2. The van der Waals surface area contributed by atoms with Crippen molar-refractivity contribution >= 4 is 23.4 Å². The highest BCUT2D eigenvalue weighted by Gasteiger charge is 2.52. The highest BCUT2D eigenvalue weighted by Crippen LogP contribution is 2.48. The van der Waals surface area contributed by atoms with Crippen LogP contribution in [0.15, 0.2) is 53.5 Å². The van der Waals surface area contributed by atoms with Crippen LogP contribution in [0.4, 0.5) is 0 Å². The van der Waals surface area contributed by atoms with Crippen LogP contribution < -0.4 is 15.8 Å². The molecule has 1 heterocycles. The van der Waals surface area contributed by atoms with Gasteiger partial charge in [-0.1, -0.05) is 58.9 Å². The molecule has 2 aromatic carbocycles. The summed E-state index contributed by atoms with van der Waals surface area (Å²) >= 11 is 0. The van der Waals surface area contributed by atoms with E-state index in [2.05, 4.69) is 44.8 Å². The molecule has 0 unspecified atom stereocenters. The van der Waals surface area contributed by atoms with E-state index in [4.69, 9.17) is 25.6 Å². The molecule has 1 atom stereocenters. The minimum absolute atomic E-state index is 0.00427. The lowest BCUT2D eigenvalue weighted by Crippen LogP contribution is -2.51. The Balaban J connectivity index is 1.73. The van der Waals surface area contributed by atoms with Gasteiger partial charge in [-0.05, 0) is 85.6 Å². The van der Waals surface area contributed by atoms with Gasteiger partial charge in [0.2, 0.25) is 0 Å². The molecule has 4 N–H and O–H groups in total. The lowest BCUT2D eigenvalue weighted by molar-refractivity contribution is -0.133. The second-order valence-electron chi connectivity index (χ2n) is 14.0. The summed E-state index contributed by atoms with van der Waals surface area (Å²) in [6.07, 6.45) is 5.33. The molecular formula is C36H51N5O4. The van der Waals surface area contributed by atoms with Crippen molar-refractivity contribution in [1.82, 2.24) is 10.2 Å². The second-order valence-corrected chi connectivity index (χ2v) is 14.0. The van der Waals surface area contributed by atoms with Crippen molar-refractivity contribution < 1.29 is 19.1 Å². The zero-order valence-corrected chi connectivity index (χ0v) is 27.8. The standard InChI is InChI=1S/C36H51N5O4/c1-24(2)25-14-18-36(19-15-25)40-32(28-8-7-9-29(22-28)45-21-20-44-6)34(43)41(36)30(16-17-35(3,4)5)26-10-12-27(13-11-26)33(42)39-23-31(37)38/h7-13,22,24-25,30H,14-21,23H2,1-6H3,(H3,37,38)(H,39,42)/t25?,30-,36?/m1/s1. The first-order chi connectivity index (χ1) is 21.3. The molecule has 45 heavy (non-hydrogen) atoms. The van der Waals surface area contributed by atoms with Gasteiger partial charge in [-0.2, -0.15) is 0 Å². The van der Waals surface area contributed by atoms with Gasteiger partial charge in [-0.3, -0.25) is 20.0 Å². The van der Waals surface area contributed by atoms with Crippen molar-refractivity contribution in [3.05, 3.63) is 65.2 Å². The summed E-state index contributed by atoms with van der Waals surface area (Å²) in [6.45, 7) is 12.1. The van der Waals surface area contributed by atoms with Crippen LogP contribution in [-0.4, -0.2) is 60.8 Å². The lowest BCUT2D eigenvalue weighted by Gasteiger charge is -2.46. The van der Waals surface area contributed by atoms with Gasteiger partial charge in [0, 0.05) is 18.2 Å². The average Bonchev–Trinajstić information content (AvgIpc) is 3.27. The number of carbonyl (C=O) groups excluding carboxylic acids is 2. The maximum atomic E-state index is 14.7. The summed E-state index contributed by atoms with van der Waals surface area (Å²) in [4.78, 5) is 34.8. The molecule has 2 amide bonds. The molecule has 2 aliphatic rings. The fraction of sp³-hybridized carbons (Fsp3) is 0.556. The number of benzene rings is 2. The number of amides is 2. The minimum atomic E-state index is -0.634. The number of methoxy groups -OCH3 is 1. The number of carbonyl (C=O) groups is 2. The SMILES string of the molecule is COCCOc1cccc(C2=NC3(CCC(C(C)C)CC3)N([C@H](CCC(C)(C)C)c3ccc(C(=O)NCC(=N)N)cc3)C2=O)c1. The second kappa shape index (κ2) is 14.6. The number of ether oxygens (including phenoxy) is 2. The minimum Gasteiger partial charge on any atom is -0.491 e. The number of hydrogen-bond acceptors (Lipinski definition) is 6. The largest absolute Gasteiger partial charge is 0.491 e. The number of amidine groups is 1. The third-order valence-electron chi connectivity index (χ3n) is 9.10. The molecule has 1 aliphatic carbocycles. The van der Waals surface area contributed by atoms with Crippen LogP contribution in [0.25, 0.3) is 0 Å². The van der Waals surface area contributed by atoms with Crippen LogP contribution in [0.5, 0.6) is 5.75 Å². The van der Waals surface area contributed by atoms with Gasteiger partial charge in [0.25, 0.3) is 11.8 Å². The molecule has 1 spiro atoms. The Hall–Kier alpha value is -3.72. The third-order valence-corrected chi connectivity index (χ3v) is 9.10. The monoisotopic (exact) mass is 617 g/mol. The Labute approximate surface area is 268 Å². The molecule has 1 saturated carbocycles. The van der Waals surface area contributed by atoms with Crippen LogP contribution in [0, 0.1) is 22.7 Å². The van der Waals surface area contributed by atoms with Gasteiger partial charge in [-0.15, -0.1) is 0 Å². The molecular weight excluding hydrogens is 566 g/mol. The molecule has 4 rings (SSSR count). The van der Waals surface area contributed by atoms with E-state index in [0.29, 0.717) is 42.1 Å². The highest BCUT2D eigenvalue weighted by atomic mass is 16.5. The molecule has 0 radical (unpaired) electrons. The van der Waals surface area contributed by atoms with Gasteiger partial charge in [0.05, 0.1) is 19.2 Å². The van der Waals surface area contributed by atoms with E-state index in [1.807, 2.05) is 36.4 Å². The average molecular weight is 618 g/mol. The van der Waals surface area contributed by atoms with Gasteiger partial charge in [0.1, 0.15) is 29.6 Å². The van der Waals surface area contributed by atoms with Crippen molar-refractivity contribution in [3.63, 3.8) is 0 Å². The van der Waals surface area contributed by atoms with Gasteiger partial charge >= 0.3 is 0 Å². The summed E-state index contributed by atoms with van der Waals surface area (Å²) in [6, 6.07) is 14.9. The summed E-state index contributed by atoms with van der Waals surface area (Å²) in [5.74, 6) is 1.41. The van der Waals surface area contributed by atoms with Crippen molar-refractivity contribution in [2.75, 3.05) is 26.9 Å². The predicted octanol–water partition coefficient (Wildman–Crippen LogP) is 6.12. The van der Waals surface area contributed by atoms with E-state index >= 15 is 0 Å². The Morgan fingerprint density at radius 2 is 1.82 bits per heavy atom. The van der Waals surface area contributed by atoms with E-state index in [9.17, 15) is 9.59 Å². The van der Waals surface area contributed by atoms with Crippen molar-refractivity contribution in [2.45, 2.75) is 84.8 Å². The number of hydrogen-bond donors (Lipinski definition) is 3. The van der Waals surface area contributed by atoms with Crippen LogP contribution in [0.2, 0.25) is 0 Å². The molecule has 1 aliphatic heterocycles. The van der Waals surface area contributed by atoms with Crippen molar-refractivity contribution in [1.29, 1.82) is 5.41 Å².